The van der Waals surface area contributed by atoms with Gasteiger partial charge in [-0.05, 0) is 30.7 Å². The topological polar surface area (TPSA) is 49.6 Å². The van der Waals surface area contributed by atoms with Crippen LogP contribution in [0.1, 0.15) is 27.2 Å². The molecule has 1 heterocycles. The van der Waals surface area contributed by atoms with Gasteiger partial charge in [-0.15, -0.1) is 0 Å². The van der Waals surface area contributed by atoms with Gasteiger partial charge in [0.15, 0.2) is 0 Å². The lowest BCUT2D eigenvalue weighted by atomic mass is 9.88. The van der Waals surface area contributed by atoms with Crippen molar-refractivity contribution in [2.75, 3.05) is 36.8 Å². The Hall–Kier alpha value is -1.71. The van der Waals surface area contributed by atoms with Crippen LogP contribution in [-0.2, 0) is 4.79 Å². The highest BCUT2D eigenvalue weighted by Gasteiger charge is 2.32. The molecule has 0 unspecified atom stereocenters. The van der Waals surface area contributed by atoms with Gasteiger partial charge >= 0.3 is 0 Å². The Morgan fingerprint density at radius 2 is 1.70 bits per heavy atom. The summed E-state index contributed by atoms with van der Waals surface area (Å²) in [5, 5.41) is 0. The molecule has 1 aromatic rings. The lowest BCUT2D eigenvalue weighted by molar-refractivity contribution is -0.140. The van der Waals surface area contributed by atoms with Crippen LogP contribution in [0.5, 0.6) is 0 Å². The van der Waals surface area contributed by atoms with E-state index in [1.165, 1.54) is 5.69 Å². The molecule has 1 fully saturated rings. The summed E-state index contributed by atoms with van der Waals surface area (Å²) in [4.78, 5) is 16.7. The van der Waals surface area contributed by atoms with Gasteiger partial charge < -0.3 is 15.5 Å². The molecular weight excluding hydrogens is 250 g/mol. The molecule has 20 heavy (non-hydrogen) atoms. The standard InChI is InChI=1S/C16H25N3O/c1-4-16(2,3)15(20)19-11-9-18(10-12-19)14-7-5-13(17)6-8-14/h5-8H,4,9-12,17H2,1-3H3. The molecule has 1 saturated heterocycles. The van der Waals surface area contributed by atoms with Crippen molar-refractivity contribution >= 4 is 17.3 Å². The fourth-order valence-corrected chi connectivity index (χ4v) is 2.43. The summed E-state index contributed by atoms with van der Waals surface area (Å²) in [5.74, 6) is 0.275. The van der Waals surface area contributed by atoms with Gasteiger partial charge in [-0.3, -0.25) is 4.79 Å². The third kappa shape index (κ3) is 3.06. The summed E-state index contributed by atoms with van der Waals surface area (Å²) in [6, 6.07) is 7.94. The van der Waals surface area contributed by atoms with E-state index in [2.05, 4.69) is 11.8 Å². The average molecular weight is 275 g/mol. The van der Waals surface area contributed by atoms with Crippen LogP contribution in [0.25, 0.3) is 0 Å². The van der Waals surface area contributed by atoms with Gasteiger partial charge in [0.2, 0.25) is 5.91 Å². The zero-order chi connectivity index (χ0) is 14.8. The average Bonchev–Trinajstić information content (AvgIpc) is 2.47. The van der Waals surface area contributed by atoms with E-state index >= 15 is 0 Å². The molecule has 1 aliphatic heterocycles. The Morgan fingerprint density at radius 3 is 2.20 bits per heavy atom. The molecule has 0 bridgehead atoms. The number of anilines is 2. The smallest absolute Gasteiger partial charge is 0.228 e. The van der Waals surface area contributed by atoms with Crippen LogP contribution in [0.3, 0.4) is 0 Å². The van der Waals surface area contributed by atoms with E-state index in [4.69, 9.17) is 5.73 Å². The minimum atomic E-state index is -0.247. The fraction of sp³-hybridized carbons (Fsp3) is 0.562. The van der Waals surface area contributed by atoms with Crippen molar-refractivity contribution in [3.63, 3.8) is 0 Å². The number of amides is 1. The summed E-state index contributed by atoms with van der Waals surface area (Å²) >= 11 is 0. The van der Waals surface area contributed by atoms with Crippen molar-refractivity contribution in [2.45, 2.75) is 27.2 Å². The number of benzene rings is 1. The Morgan fingerprint density at radius 1 is 1.15 bits per heavy atom. The first-order chi connectivity index (χ1) is 9.44. The first-order valence-corrected chi connectivity index (χ1v) is 7.34. The summed E-state index contributed by atoms with van der Waals surface area (Å²) in [6.07, 6.45) is 0.879. The van der Waals surface area contributed by atoms with Crippen LogP contribution in [0.15, 0.2) is 24.3 Å². The summed E-state index contributed by atoms with van der Waals surface area (Å²) in [5.41, 5.74) is 7.43. The number of carbonyl (C=O) groups excluding carboxylic acids is 1. The van der Waals surface area contributed by atoms with Gasteiger partial charge in [0.05, 0.1) is 0 Å². The lowest BCUT2D eigenvalue weighted by Gasteiger charge is -2.39. The van der Waals surface area contributed by atoms with Gasteiger partial charge in [0.25, 0.3) is 0 Å². The number of nitrogen functional groups attached to an aromatic ring is 1. The van der Waals surface area contributed by atoms with E-state index in [9.17, 15) is 4.79 Å². The maximum Gasteiger partial charge on any atom is 0.228 e. The molecule has 0 radical (unpaired) electrons. The number of piperazine rings is 1. The largest absolute Gasteiger partial charge is 0.399 e. The van der Waals surface area contributed by atoms with Crippen LogP contribution in [0.2, 0.25) is 0 Å². The van der Waals surface area contributed by atoms with Gasteiger partial charge in [0, 0.05) is 43.0 Å². The molecule has 0 saturated carbocycles. The first-order valence-electron chi connectivity index (χ1n) is 7.34. The number of rotatable bonds is 3. The number of hydrogen-bond donors (Lipinski definition) is 1. The third-order valence-corrected chi connectivity index (χ3v) is 4.29. The van der Waals surface area contributed by atoms with E-state index in [0.717, 1.165) is 38.3 Å². The van der Waals surface area contributed by atoms with Crippen LogP contribution < -0.4 is 10.6 Å². The van der Waals surface area contributed by atoms with Crippen LogP contribution in [0.4, 0.5) is 11.4 Å². The van der Waals surface area contributed by atoms with Crippen molar-refractivity contribution in [2.24, 2.45) is 5.41 Å². The molecule has 4 nitrogen and oxygen atoms in total. The Balaban J connectivity index is 1.96. The van der Waals surface area contributed by atoms with Gasteiger partial charge in [0.1, 0.15) is 0 Å². The molecule has 0 spiro atoms. The summed E-state index contributed by atoms with van der Waals surface area (Å²) < 4.78 is 0. The summed E-state index contributed by atoms with van der Waals surface area (Å²) in [7, 11) is 0. The molecule has 0 aliphatic carbocycles. The van der Waals surface area contributed by atoms with Gasteiger partial charge in [-0.2, -0.15) is 0 Å². The molecule has 0 aromatic heterocycles. The minimum Gasteiger partial charge on any atom is -0.399 e. The molecule has 4 heteroatoms. The maximum absolute atomic E-state index is 12.4. The zero-order valence-electron chi connectivity index (χ0n) is 12.7. The van der Waals surface area contributed by atoms with E-state index in [1.807, 2.05) is 43.0 Å². The second kappa shape index (κ2) is 5.73. The van der Waals surface area contributed by atoms with Crippen LogP contribution in [-0.4, -0.2) is 37.0 Å². The maximum atomic E-state index is 12.4. The number of nitrogens with zero attached hydrogens (tertiary/aromatic N) is 2. The van der Waals surface area contributed by atoms with Crippen LogP contribution in [0, 0.1) is 5.41 Å². The SMILES string of the molecule is CCC(C)(C)C(=O)N1CCN(c2ccc(N)cc2)CC1. The van der Waals surface area contributed by atoms with Crippen LogP contribution >= 0.6 is 0 Å². The second-order valence-corrected chi connectivity index (χ2v) is 6.11. The van der Waals surface area contributed by atoms with Crippen molar-refractivity contribution in [1.82, 2.24) is 4.90 Å². The molecular formula is C16H25N3O. The van der Waals surface area contributed by atoms with E-state index in [-0.39, 0.29) is 11.3 Å². The minimum absolute atomic E-state index is 0.247. The van der Waals surface area contributed by atoms with Crippen molar-refractivity contribution in [3.05, 3.63) is 24.3 Å². The molecule has 1 aromatic carbocycles. The van der Waals surface area contributed by atoms with Crippen molar-refractivity contribution in [3.8, 4) is 0 Å². The highest BCUT2D eigenvalue weighted by atomic mass is 16.2. The second-order valence-electron chi connectivity index (χ2n) is 6.11. The van der Waals surface area contributed by atoms with Gasteiger partial charge in [-0.1, -0.05) is 20.8 Å². The first kappa shape index (κ1) is 14.7. The number of nitrogens with two attached hydrogens (primary N) is 1. The van der Waals surface area contributed by atoms with Crippen molar-refractivity contribution < 1.29 is 4.79 Å². The Bertz CT molecular complexity index is 459. The Kier molecular flexibility index (Phi) is 4.21. The monoisotopic (exact) mass is 275 g/mol. The molecule has 110 valence electrons. The predicted molar refractivity (Wildman–Crippen MR) is 83.7 cm³/mol. The molecule has 2 N–H and O–H groups in total. The molecule has 1 aliphatic rings. The lowest BCUT2D eigenvalue weighted by Crippen LogP contribution is -2.52. The van der Waals surface area contributed by atoms with Crippen molar-refractivity contribution in [1.29, 1.82) is 0 Å². The van der Waals surface area contributed by atoms with E-state index in [0.29, 0.717) is 0 Å². The highest BCUT2D eigenvalue weighted by Crippen LogP contribution is 2.25. The van der Waals surface area contributed by atoms with Gasteiger partial charge in [-0.25, -0.2) is 0 Å². The number of hydrogen-bond acceptors (Lipinski definition) is 3. The number of carbonyl (C=O) groups is 1. The normalized spacial score (nSPS) is 16.4. The summed E-state index contributed by atoms with van der Waals surface area (Å²) in [6.45, 7) is 9.50. The van der Waals surface area contributed by atoms with E-state index in [1.54, 1.807) is 0 Å². The quantitative estimate of drug-likeness (QED) is 0.862. The Labute approximate surface area is 121 Å². The third-order valence-electron chi connectivity index (χ3n) is 4.29. The molecule has 0 atom stereocenters. The predicted octanol–water partition coefficient (Wildman–Crippen LogP) is 2.35. The van der Waals surface area contributed by atoms with E-state index < -0.39 is 0 Å². The molecule has 2 rings (SSSR count). The fourth-order valence-electron chi connectivity index (χ4n) is 2.43. The highest BCUT2D eigenvalue weighted by molar-refractivity contribution is 5.82. The zero-order valence-corrected chi connectivity index (χ0v) is 12.7. The molecule has 1 amide bonds.